The van der Waals surface area contributed by atoms with Crippen molar-refractivity contribution in [1.82, 2.24) is 14.5 Å². The first-order valence-electron chi connectivity index (χ1n) is 8.11. The summed E-state index contributed by atoms with van der Waals surface area (Å²) in [5, 5.41) is 0.567. The number of nitrogens with one attached hydrogen (secondary N) is 1. The molecular formula is C16H24ClN3O3S. The van der Waals surface area contributed by atoms with Crippen LogP contribution in [-0.4, -0.2) is 63.4 Å². The molecule has 1 N–H and O–H groups in total. The standard InChI is InChI=1S/C16H24ClN3O3S/c1-2-19-9-11-20(12-10-19)16(21)7-8-18-24(22,23)13-14-3-5-15(17)6-4-14/h3-6,18H,2,7-13H2,1H3. The molecule has 1 aliphatic rings. The van der Waals surface area contributed by atoms with Crippen molar-refractivity contribution in [2.24, 2.45) is 0 Å². The summed E-state index contributed by atoms with van der Waals surface area (Å²) in [6, 6.07) is 6.68. The van der Waals surface area contributed by atoms with E-state index >= 15 is 0 Å². The van der Waals surface area contributed by atoms with Gasteiger partial charge in [-0.1, -0.05) is 30.7 Å². The molecule has 0 spiro atoms. The van der Waals surface area contributed by atoms with E-state index in [1.54, 1.807) is 29.2 Å². The van der Waals surface area contributed by atoms with Crippen molar-refractivity contribution in [3.8, 4) is 0 Å². The van der Waals surface area contributed by atoms with Gasteiger partial charge in [0.1, 0.15) is 0 Å². The second-order valence-electron chi connectivity index (χ2n) is 5.84. The van der Waals surface area contributed by atoms with Crippen LogP contribution in [0.15, 0.2) is 24.3 Å². The van der Waals surface area contributed by atoms with Crippen molar-refractivity contribution in [2.75, 3.05) is 39.3 Å². The zero-order chi connectivity index (χ0) is 17.6. The molecule has 0 bridgehead atoms. The lowest BCUT2D eigenvalue weighted by Gasteiger charge is -2.34. The van der Waals surface area contributed by atoms with Crippen LogP contribution in [0.1, 0.15) is 18.9 Å². The Hall–Kier alpha value is -1.15. The first kappa shape index (κ1) is 19.2. The normalized spacial score (nSPS) is 16.3. The van der Waals surface area contributed by atoms with Crippen LogP contribution in [0.4, 0.5) is 0 Å². The predicted molar refractivity (Wildman–Crippen MR) is 95.4 cm³/mol. The topological polar surface area (TPSA) is 69.7 Å². The van der Waals surface area contributed by atoms with Gasteiger partial charge in [-0.2, -0.15) is 0 Å². The maximum Gasteiger partial charge on any atom is 0.223 e. The van der Waals surface area contributed by atoms with E-state index in [2.05, 4.69) is 16.5 Å². The highest BCUT2D eigenvalue weighted by Crippen LogP contribution is 2.11. The van der Waals surface area contributed by atoms with E-state index < -0.39 is 10.0 Å². The van der Waals surface area contributed by atoms with Crippen molar-refractivity contribution in [2.45, 2.75) is 19.1 Å². The van der Waals surface area contributed by atoms with Gasteiger partial charge in [0.05, 0.1) is 5.75 Å². The van der Waals surface area contributed by atoms with Crippen molar-refractivity contribution in [3.05, 3.63) is 34.9 Å². The number of carbonyl (C=O) groups excluding carboxylic acids is 1. The Balaban J connectivity index is 1.74. The maximum absolute atomic E-state index is 12.1. The fourth-order valence-electron chi connectivity index (χ4n) is 2.64. The molecule has 1 heterocycles. The third kappa shape index (κ3) is 6.05. The van der Waals surface area contributed by atoms with E-state index in [1.165, 1.54) is 0 Å². The average molecular weight is 374 g/mol. The number of piperazine rings is 1. The lowest BCUT2D eigenvalue weighted by molar-refractivity contribution is -0.132. The second kappa shape index (κ2) is 8.80. The molecule has 1 saturated heterocycles. The van der Waals surface area contributed by atoms with Crippen LogP contribution in [0.2, 0.25) is 5.02 Å². The Morgan fingerprint density at radius 2 is 1.79 bits per heavy atom. The van der Waals surface area contributed by atoms with Crippen LogP contribution in [0.25, 0.3) is 0 Å². The van der Waals surface area contributed by atoms with Crippen LogP contribution >= 0.6 is 11.6 Å². The number of halogens is 1. The second-order valence-corrected chi connectivity index (χ2v) is 8.09. The summed E-state index contributed by atoms with van der Waals surface area (Å²) in [4.78, 5) is 16.2. The van der Waals surface area contributed by atoms with Gasteiger partial charge in [0.15, 0.2) is 0 Å². The maximum atomic E-state index is 12.1. The lowest BCUT2D eigenvalue weighted by atomic mass is 10.2. The van der Waals surface area contributed by atoms with Crippen molar-refractivity contribution < 1.29 is 13.2 Å². The fourth-order valence-corrected chi connectivity index (χ4v) is 3.91. The Morgan fingerprint density at radius 1 is 1.17 bits per heavy atom. The quantitative estimate of drug-likeness (QED) is 0.782. The number of likely N-dealkylation sites (N-methyl/N-ethyl adjacent to an activating group) is 1. The monoisotopic (exact) mass is 373 g/mol. The molecule has 1 aromatic rings. The molecule has 0 atom stereocenters. The van der Waals surface area contributed by atoms with Gasteiger partial charge in [-0.15, -0.1) is 0 Å². The number of rotatable bonds is 7. The minimum Gasteiger partial charge on any atom is -0.340 e. The molecule has 0 aliphatic carbocycles. The molecule has 24 heavy (non-hydrogen) atoms. The van der Waals surface area contributed by atoms with Crippen molar-refractivity contribution in [3.63, 3.8) is 0 Å². The van der Waals surface area contributed by atoms with Crippen LogP contribution in [-0.2, 0) is 20.6 Å². The third-order valence-electron chi connectivity index (χ3n) is 4.10. The Kier molecular flexibility index (Phi) is 7.03. The predicted octanol–water partition coefficient (Wildman–Crippen LogP) is 1.31. The van der Waals surface area contributed by atoms with Gasteiger partial charge in [-0.25, -0.2) is 13.1 Å². The molecule has 1 aliphatic heterocycles. The van der Waals surface area contributed by atoms with Crippen LogP contribution in [0, 0.1) is 0 Å². The molecule has 1 fully saturated rings. The molecule has 6 nitrogen and oxygen atoms in total. The number of carbonyl (C=O) groups is 1. The van der Waals surface area contributed by atoms with Gasteiger partial charge in [-0.3, -0.25) is 4.79 Å². The highest BCUT2D eigenvalue weighted by Gasteiger charge is 2.20. The van der Waals surface area contributed by atoms with Gasteiger partial charge in [0.25, 0.3) is 0 Å². The lowest BCUT2D eigenvalue weighted by Crippen LogP contribution is -2.49. The largest absolute Gasteiger partial charge is 0.340 e. The highest BCUT2D eigenvalue weighted by molar-refractivity contribution is 7.88. The van der Waals surface area contributed by atoms with Crippen LogP contribution < -0.4 is 4.72 Å². The highest BCUT2D eigenvalue weighted by atomic mass is 35.5. The molecule has 1 aromatic carbocycles. The zero-order valence-electron chi connectivity index (χ0n) is 13.9. The Labute approximate surface area is 148 Å². The summed E-state index contributed by atoms with van der Waals surface area (Å²) in [6.45, 7) is 6.41. The Bertz CT molecular complexity index is 641. The van der Waals surface area contributed by atoms with Crippen LogP contribution in [0.5, 0.6) is 0 Å². The average Bonchev–Trinajstić information content (AvgIpc) is 2.56. The number of hydrogen-bond donors (Lipinski definition) is 1. The molecule has 0 radical (unpaired) electrons. The molecule has 0 aromatic heterocycles. The molecule has 0 unspecified atom stereocenters. The molecular weight excluding hydrogens is 350 g/mol. The third-order valence-corrected chi connectivity index (χ3v) is 5.71. The van der Waals surface area contributed by atoms with Gasteiger partial charge in [0.2, 0.25) is 15.9 Å². The van der Waals surface area contributed by atoms with Gasteiger partial charge < -0.3 is 9.80 Å². The molecule has 8 heteroatoms. The zero-order valence-corrected chi connectivity index (χ0v) is 15.4. The number of hydrogen-bond acceptors (Lipinski definition) is 4. The van der Waals surface area contributed by atoms with E-state index in [0.29, 0.717) is 23.7 Å². The number of sulfonamides is 1. The van der Waals surface area contributed by atoms with Crippen LogP contribution in [0.3, 0.4) is 0 Å². The molecule has 1 amide bonds. The molecule has 134 valence electrons. The number of nitrogens with zero attached hydrogens (tertiary/aromatic N) is 2. The smallest absolute Gasteiger partial charge is 0.223 e. The van der Waals surface area contributed by atoms with Gasteiger partial charge in [0, 0.05) is 44.2 Å². The van der Waals surface area contributed by atoms with Crippen molar-refractivity contribution >= 4 is 27.5 Å². The van der Waals surface area contributed by atoms with Gasteiger partial charge in [-0.05, 0) is 24.2 Å². The molecule has 2 rings (SSSR count). The first-order valence-corrected chi connectivity index (χ1v) is 10.1. The Morgan fingerprint density at radius 3 is 2.38 bits per heavy atom. The van der Waals surface area contributed by atoms with Gasteiger partial charge >= 0.3 is 0 Å². The molecule has 0 saturated carbocycles. The summed E-state index contributed by atoms with van der Waals surface area (Å²) in [7, 11) is -3.46. The van der Waals surface area contributed by atoms with E-state index in [1.807, 2.05) is 0 Å². The fraction of sp³-hybridized carbons (Fsp3) is 0.562. The minimum atomic E-state index is -3.46. The number of amides is 1. The minimum absolute atomic E-state index is 0.0000500. The summed E-state index contributed by atoms with van der Waals surface area (Å²) in [5.41, 5.74) is 0.661. The first-order chi connectivity index (χ1) is 11.4. The summed E-state index contributed by atoms with van der Waals surface area (Å²) < 4.78 is 26.6. The van der Waals surface area contributed by atoms with E-state index in [4.69, 9.17) is 11.6 Å². The number of benzene rings is 1. The summed E-state index contributed by atoms with van der Waals surface area (Å²) >= 11 is 5.78. The van der Waals surface area contributed by atoms with E-state index in [0.717, 1.165) is 19.6 Å². The van der Waals surface area contributed by atoms with E-state index in [-0.39, 0.29) is 24.6 Å². The summed E-state index contributed by atoms with van der Waals surface area (Å²) in [6.07, 6.45) is 0.186. The van der Waals surface area contributed by atoms with E-state index in [9.17, 15) is 13.2 Å². The summed E-state index contributed by atoms with van der Waals surface area (Å²) in [5.74, 6) is -0.118. The van der Waals surface area contributed by atoms with Crippen molar-refractivity contribution in [1.29, 1.82) is 0 Å². The SMILES string of the molecule is CCN1CCN(C(=O)CCNS(=O)(=O)Cc2ccc(Cl)cc2)CC1.